The molecule has 0 aromatic carbocycles. The lowest BCUT2D eigenvalue weighted by molar-refractivity contribution is -0.150. The summed E-state index contributed by atoms with van der Waals surface area (Å²) < 4.78 is 0. The van der Waals surface area contributed by atoms with Gasteiger partial charge in [0.1, 0.15) is 0 Å². The number of aliphatic carboxylic acids is 1. The van der Waals surface area contributed by atoms with Crippen molar-refractivity contribution in [2.45, 2.75) is 31.8 Å². The lowest BCUT2D eigenvalue weighted by atomic mass is 9.81. The van der Waals surface area contributed by atoms with Gasteiger partial charge in [-0.25, -0.2) is 0 Å². The van der Waals surface area contributed by atoms with Gasteiger partial charge < -0.3 is 10.2 Å². The lowest BCUT2D eigenvalue weighted by Gasteiger charge is -2.30. The summed E-state index contributed by atoms with van der Waals surface area (Å²) in [6.45, 7) is 5.31. The molecule has 0 aromatic rings. The zero-order chi connectivity index (χ0) is 10.1. The SMILES string of the molecule is C=CC(O)(C1CC1)C(CC)C(=O)O. The van der Waals surface area contributed by atoms with Crippen molar-refractivity contribution in [2.75, 3.05) is 0 Å². The number of carbonyl (C=O) groups is 1. The summed E-state index contributed by atoms with van der Waals surface area (Å²) >= 11 is 0. The molecule has 3 nitrogen and oxygen atoms in total. The van der Waals surface area contributed by atoms with Crippen LogP contribution in [0.5, 0.6) is 0 Å². The zero-order valence-corrected chi connectivity index (χ0v) is 7.86. The van der Waals surface area contributed by atoms with E-state index in [9.17, 15) is 9.90 Å². The van der Waals surface area contributed by atoms with Gasteiger partial charge in [-0.05, 0) is 25.2 Å². The molecule has 0 amide bonds. The van der Waals surface area contributed by atoms with Crippen molar-refractivity contribution in [1.82, 2.24) is 0 Å². The van der Waals surface area contributed by atoms with Crippen molar-refractivity contribution < 1.29 is 15.0 Å². The fourth-order valence-corrected chi connectivity index (χ4v) is 1.84. The normalized spacial score (nSPS) is 23.2. The molecule has 0 heterocycles. The Morgan fingerprint density at radius 3 is 2.54 bits per heavy atom. The molecular formula is C10H16O3. The summed E-state index contributed by atoms with van der Waals surface area (Å²) in [5.74, 6) is -1.54. The maximum absolute atomic E-state index is 10.9. The highest BCUT2D eigenvalue weighted by molar-refractivity contribution is 5.72. The Balaban J connectivity index is 2.83. The van der Waals surface area contributed by atoms with Crippen LogP contribution in [0.25, 0.3) is 0 Å². The van der Waals surface area contributed by atoms with Crippen LogP contribution in [0.4, 0.5) is 0 Å². The molecule has 0 bridgehead atoms. The Morgan fingerprint density at radius 1 is 1.77 bits per heavy atom. The molecule has 3 heteroatoms. The van der Waals surface area contributed by atoms with E-state index >= 15 is 0 Å². The molecule has 0 aliphatic heterocycles. The predicted molar refractivity (Wildman–Crippen MR) is 49.3 cm³/mol. The number of rotatable bonds is 5. The van der Waals surface area contributed by atoms with Gasteiger partial charge >= 0.3 is 5.97 Å². The molecule has 1 aliphatic carbocycles. The van der Waals surface area contributed by atoms with Crippen molar-refractivity contribution in [1.29, 1.82) is 0 Å². The van der Waals surface area contributed by atoms with Crippen LogP contribution in [0.2, 0.25) is 0 Å². The minimum Gasteiger partial charge on any atom is -0.481 e. The quantitative estimate of drug-likeness (QED) is 0.635. The van der Waals surface area contributed by atoms with E-state index < -0.39 is 17.5 Å². The first-order valence-electron chi connectivity index (χ1n) is 4.65. The number of carboxylic acid groups (broad SMARTS) is 1. The molecule has 0 saturated heterocycles. The van der Waals surface area contributed by atoms with Crippen LogP contribution in [-0.4, -0.2) is 21.8 Å². The van der Waals surface area contributed by atoms with Gasteiger partial charge in [-0.1, -0.05) is 13.0 Å². The van der Waals surface area contributed by atoms with Crippen LogP contribution >= 0.6 is 0 Å². The van der Waals surface area contributed by atoms with Crippen molar-refractivity contribution >= 4 is 5.97 Å². The highest BCUT2D eigenvalue weighted by Crippen LogP contribution is 2.45. The Bertz CT molecular complexity index is 220. The van der Waals surface area contributed by atoms with Gasteiger partial charge in [0.2, 0.25) is 0 Å². The van der Waals surface area contributed by atoms with Crippen molar-refractivity contribution in [2.24, 2.45) is 11.8 Å². The maximum atomic E-state index is 10.9. The van der Waals surface area contributed by atoms with Crippen molar-refractivity contribution in [3.8, 4) is 0 Å². The van der Waals surface area contributed by atoms with E-state index in [2.05, 4.69) is 6.58 Å². The van der Waals surface area contributed by atoms with Crippen LogP contribution in [0.1, 0.15) is 26.2 Å². The van der Waals surface area contributed by atoms with E-state index in [1.807, 2.05) is 0 Å². The van der Waals surface area contributed by atoms with E-state index in [-0.39, 0.29) is 5.92 Å². The third-order valence-corrected chi connectivity index (χ3v) is 2.82. The van der Waals surface area contributed by atoms with E-state index in [1.165, 1.54) is 6.08 Å². The molecule has 2 unspecified atom stereocenters. The number of hydrogen-bond acceptors (Lipinski definition) is 2. The van der Waals surface area contributed by atoms with Gasteiger partial charge in [-0.3, -0.25) is 4.79 Å². The summed E-state index contributed by atoms with van der Waals surface area (Å²) in [5, 5.41) is 19.0. The maximum Gasteiger partial charge on any atom is 0.309 e. The highest BCUT2D eigenvalue weighted by atomic mass is 16.4. The molecule has 13 heavy (non-hydrogen) atoms. The number of hydrogen-bond donors (Lipinski definition) is 2. The average Bonchev–Trinajstić information content (AvgIpc) is 2.86. The Morgan fingerprint density at radius 2 is 2.31 bits per heavy atom. The fraction of sp³-hybridized carbons (Fsp3) is 0.700. The monoisotopic (exact) mass is 184 g/mol. The first-order chi connectivity index (χ1) is 6.06. The topological polar surface area (TPSA) is 57.5 Å². The van der Waals surface area contributed by atoms with Crippen LogP contribution in [0.15, 0.2) is 12.7 Å². The molecule has 2 N–H and O–H groups in total. The van der Waals surface area contributed by atoms with Crippen LogP contribution in [-0.2, 0) is 4.79 Å². The smallest absolute Gasteiger partial charge is 0.309 e. The van der Waals surface area contributed by atoms with E-state index in [4.69, 9.17) is 5.11 Å². The minimum absolute atomic E-state index is 0.103. The van der Waals surface area contributed by atoms with Gasteiger partial charge in [0, 0.05) is 0 Å². The Kier molecular flexibility index (Phi) is 2.76. The van der Waals surface area contributed by atoms with Gasteiger partial charge in [-0.2, -0.15) is 0 Å². The second-order valence-electron chi connectivity index (χ2n) is 3.66. The summed E-state index contributed by atoms with van der Waals surface area (Å²) in [6, 6.07) is 0. The first-order valence-corrected chi connectivity index (χ1v) is 4.65. The molecule has 2 atom stereocenters. The molecule has 0 spiro atoms. The highest BCUT2D eigenvalue weighted by Gasteiger charge is 2.49. The molecule has 74 valence electrons. The second kappa shape index (κ2) is 3.50. The minimum atomic E-state index is -1.19. The lowest BCUT2D eigenvalue weighted by Crippen LogP contribution is -2.42. The van der Waals surface area contributed by atoms with Gasteiger partial charge in [0.25, 0.3) is 0 Å². The summed E-state index contributed by atoms with van der Waals surface area (Å²) in [5.41, 5.74) is -1.19. The van der Waals surface area contributed by atoms with E-state index in [1.54, 1.807) is 6.92 Å². The molecule has 0 aromatic heterocycles. The standard InChI is InChI=1S/C10H16O3/c1-3-8(9(11)12)10(13,4-2)7-5-6-7/h4,7-8,13H,2-3,5-6H2,1H3,(H,11,12). The third-order valence-electron chi connectivity index (χ3n) is 2.82. The van der Waals surface area contributed by atoms with E-state index in [0.717, 1.165) is 12.8 Å². The summed E-state index contributed by atoms with van der Waals surface area (Å²) in [7, 11) is 0. The molecule has 1 rings (SSSR count). The van der Waals surface area contributed by atoms with Gasteiger partial charge in [-0.15, -0.1) is 6.58 Å². The van der Waals surface area contributed by atoms with Crippen LogP contribution in [0, 0.1) is 11.8 Å². The number of carboxylic acids is 1. The summed E-state index contributed by atoms with van der Waals surface area (Å²) in [6.07, 6.45) is 3.65. The molecule has 1 fully saturated rings. The van der Waals surface area contributed by atoms with Gasteiger partial charge in [0.15, 0.2) is 0 Å². The molecular weight excluding hydrogens is 168 g/mol. The Hall–Kier alpha value is -0.830. The van der Waals surface area contributed by atoms with Gasteiger partial charge in [0.05, 0.1) is 11.5 Å². The van der Waals surface area contributed by atoms with Crippen molar-refractivity contribution in [3.63, 3.8) is 0 Å². The second-order valence-corrected chi connectivity index (χ2v) is 3.66. The molecule has 1 saturated carbocycles. The predicted octanol–water partition coefficient (Wildman–Crippen LogP) is 1.42. The number of aliphatic hydroxyl groups is 1. The largest absolute Gasteiger partial charge is 0.481 e. The van der Waals surface area contributed by atoms with Crippen LogP contribution in [0.3, 0.4) is 0 Å². The fourth-order valence-electron chi connectivity index (χ4n) is 1.84. The molecule has 1 aliphatic rings. The van der Waals surface area contributed by atoms with Crippen LogP contribution < -0.4 is 0 Å². The van der Waals surface area contributed by atoms with E-state index in [0.29, 0.717) is 6.42 Å². The zero-order valence-electron chi connectivity index (χ0n) is 7.86. The molecule has 0 radical (unpaired) electrons. The third kappa shape index (κ3) is 1.75. The summed E-state index contributed by atoms with van der Waals surface area (Å²) in [4.78, 5) is 10.9. The first kappa shape index (κ1) is 10.3. The average molecular weight is 184 g/mol. The Labute approximate surface area is 78.1 Å². The van der Waals surface area contributed by atoms with Crippen molar-refractivity contribution in [3.05, 3.63) is 12.7 Å².